The van der Waals surface area contributed by atoms with Gasteiger partial charge in [0.15, 0.2) is 0 Å². The van der Waals surface area contributed by atoms with Crippen LogP contribution in [-0.4, -0.2) is 26.2 Å². The monoisotopic (exact) mass is 146 g/mol. The SMILES string of the molecule is ClC/C=C/B1OCCO1. The summed E-state index contributed by atoms with van der Waals surface area (Å²) in [5.74, 6) is 2.34. The molecule has 1 heterocycles. The third-order valence-corrected chi connectivity index (χ3v) is 1.21. The topological polar surface area (TPSA) is 18.5 Å². The fraction of sp³-hybridized carbons (Fsp3) is 0.600. The number of alkyl halides is 1. The van der Waals surface area contributed by atoms with Crippen LogP contribution in [-0.2, 0) is 9.31 Å². The van der Waals surface area contributed by atoms with Crippen LogP contribution in [0.15, 0.2) is 12.1 Å². The van der Waals surface area contributed by atoms with Crippen LogP contribution in [0.4, 0.5) is 0 Å². The number of rotatable bonds is 2. The Morgan fingerprint density at radius 2 is 2.11 bits per heavy atom. The average molecular weight is 146 g/mol. The van der Waals surface area contributed by atoms with Gasteiger partial charge in [0, 0.05) is 5.88 Å². The van der Waals surface area contributed by atoms with Crippen molar-refractivity contribution in [3.8, 4) is 0 Å². The summed E-state index contributed by atoms with van der Waals surface area (Å²) in [7, 11) is -0.149. The van der Waals surface area contributed by atoms with Gasteiger partial charge in [0.25, 0.3) is 0 Å². The zero-order chi connectivity index (χ0) is 6.53. The molecule has 0 aromatic heterocycles. The smallest absolute Gasteiger partial charge is 0.405 e. The number of allylic oxidation sites excluding steroid dienone is 1. The minimum absolute atomic E-state index is 0.149. The van der Waals surface area contributed by atoms with Crippen LogP contribution in [0.2, 0.25) is 0 Å². The molecule has 1 rings (SSSR count). The molecule has 0 N–H and O–H groups in total. The van der Waals surface area contributed by atoms with Gasteiger partial charge in [0.05, 0.1) is 13.2 Å². The summed E-state index contributed by atoms with van der Waals surface area (Å²) < 4.78 is 10.2. The fourth-order valence-corrected chi connectivity index (χ4v) is 0.753. The zero-order valence-electron chi connectivity index (χ0n) is 5.05. The van der Waals surface area contributed by atoms with Gasteiger partial charge in [-0.05, 0) is 0 Å². The molecule has 0 aromatic carbocycles. The second kappa shape index (κ2) is 3.93. The van der Waals surface area contributed by atoms with Crippen molar-refractivity contribution in [1.82, 2.24) is 0 Å². The van der Waals surface area contributed by atoms with Gasteiger partial charge in [-0.25, -0.2) is 0 Å². The second-order valence-corrected chi connectivity index (χ2v) is 2.00. The second-order valence-electron chi connectivity index (χ2n) is 1.69. The van der Waals surface area contributed by atoms with Crippen molar-refractivity contribution >= 4 is 18.7 Å². The maximum Gasteiger partial charge on any atom is 0.486 e. The van der Waals surface area contributed by atoms with Crippen LogP contribution in [0.5, 0.6) is 0 Å². The highest BCUT2D eigenvalue weighted by Gasteiger charge is 2.18. The average Bonchev–Trinajstić information content (AvgIpc) is 2.34. The van der Waals surface area contributed by atoms with Gasteiger partial charge in [-0.15, -0.1) is 11.6 Å². The highest BCUT2D eigenvalue weighted by molar-refractivity contribution is 6.51. The molecule has 1 saturated heterocycles. The third kappa shape index (κ3) is 2.39. The number of hydrogen-bond acceptors (Lipinski definition) is 2. The highest BCUT2D eigenvalue weighted by Crippen LogP contribution is 1.99. The molecule has 1 aliphatic rings. The van der Waals surface area contributed by atoms with Crippen molar-refractivity contribution in [2.45, 2.75) is 0 Å². The van der Waals surface area contributed by atoms with Gasteiger partial charge in [-0.1, -0.05) is 12.1 Å². The summed E-state index contributed by atoms with van der Waals surface area (Å²) in [6, 6.07) is 0. The molecule has 9 heavy (non-hydrogen) atoms. The number of hydrogen-bond donors (Lipinski definition) is 0. The maximum atomic E-state index is 5.38. The number of halogens is 1. The quantitative estimate of drug-likeness (QED) is 0.425. The van der Waals surface area contributed by atoms with Gasteiger partial charge in [0.2, 0.25) is 0 Å². The molecular weight excluding hydrogens is 138 g/mol. The Morgan fingerprint density at radius 3 is 2.67 bits per heavy atom. The molecule has 1 fully saturated rings. The van der Waals surface area contributed by atoms with E-state index >= 15 is 0 Å². The van der Waals surface area contributed by atoms with Gasteiger partial charge in [-0.3, -0.25) is 0 Å². The van der Waals surface area contributed by atoms with Gasteiger partial charge < -0.3 is 9.31 Å². The van der Waals surface area contributed by atoms with Gasteiger partial charge >= 0.3 is 7.12 Å². The summed E-state index contributed by atoms with van der Waals surface area (Å²) in [4.78, 5) is 0. The Balaban J connectivity index is 2.18. The first-order chi connectivity index (χ1) is 4.43. The fourth-order valence-electron chi connectivity index (χ4n) is 0.650. The van der Waals surface area contributed by atoms with E-state index < -0.39 is 0 Å². The largest absolute Gasteiger partial charge is 0.486 e. The molecular formula is C5H8BClO2. The van der Waals surface area contributed by atoms with Crippen molar-refractivity contribution in [2.75, 3.05) is 19.1 Å². The predicted molar refractivity (Wildman–Crippen MR) is 37.5 cm³/mol. The zero-order valence-corrected chi connectivity index (χ0v) is 5.80. The minimum atomic E-state index is -0.149. The van der Waals surface area contributed by atoms with Crippen molar-refractivity contribution in [1.29, 1.82) is 0 Å². The lowest BCUT2D eigenvalue weighted by Gasteiger charge is -1.92. The van der Waals surface area contributed by atoms with Crippen LogP contribution < -0.4 is 0 Å². The van der Waals surface area contributed by atoms with E-state index in [1.165, 1.54) is 0 Å². The van der Waals surface area contributed by atoms with Crippen LogP contribution in [0, 0.1) is 0 Å². The molecule has 0 aliphatic carbocycles. The van der Waals surface area contributed by atoms with E-state index in [2.05, 4.69) is 0 Å². The van der Waals surface area contributed by atoms with E-state index in [4.69, 9.17) is 20.9 Å². The van der Waals surface area contributed by atoms with Crippen molar-refractivity contribution in [3.05, 3.63) is 12.1 Å². The normalized spacial score (nSPS) is 19.9. The van der Waals surface area contributed by atoms with Crippen LogP contribution in [0.3, 0.4) is 0 Å². The highest BCUT2D eigenvalue weighted by atomic mass is 35.5. The molecule has 0 bridgehead atoms. The molecule has 4 heteroatoms. The molecule has 0 radical (unpaired) electrons. The van der Waals surface area contributed by atoms with E-state index in [0.29, 0.717) is 19.1 Å². The van der Waals surface area contributed by atoms with Crippen LogP contribution in [0.1, 0.15) is 0 Å². The maximum absolute atomic E-state index is 5.38. The predicted octanol–water partition coefficient (Wildman–Crippen LogP) is 0.856. The summed E-state index contributed by atoms with van der Waals surface area (Å²) in [5, 5.41) is 0. The first-order valence-corrected chi connectivity index (χ1v) is 3.43. The molecule has 0 atom stereocenters. The van der Waals surface area contributed by atoms with Crippen molar-refractivity contribution < 1.29 is 9.31 Å². The summed E-state index contributed by atoms with van der Waals surface area (Å²) >= 11 is 5.38. The molecule has 0 saturated carbocycles. The Labute approximate surface area is 59.9 Å². The standard InChI is InChI=1S/C5H8BClO2/c7-3-1-2-6-8-4-5-9-6/h1-2H,3-5H2/b2-1+. The van der Waals surface area contributed by atoms with E-state index in [0.717, 1.165) is 0 Å². The Bertz CT molecular complexity index is 101. The Morgan fingerprint density at radius 1 is 1.44 bits per heavy atom. The molecule has 2 nitrogen and oxygen atoms in total. The molecule has 50 valence electrons. The minimum Gasteiger partial charge on any atom is -0.405 e. The van der Waals surface area contributed by atoms with Gasteiger partial charge in [-0.2, -0.15) is 0 Å². The molecule has 0 aromatic rings. The van der Waals surface area contributed by atoms with E-state index in [9.17, 15) is 0 Å². The first-order valence-electron chi connectivity index (χ1n) is 2.89. The summed E-state index contributed by atoms with van der Waals surface area (Å²) in [5.41, 5.74) is 0. The van der Waals surface area contributed by atoms with Crippen molar-refractivity contribution in [3.63, 3.8) is 0 Å². The Kier molecular flexibility index (Phi) is 3.11. The first kappa shape index (κ1) is 7.13. The Hall–Kier alpha value is 0.0149. The van der Waals surface area contributed by atoms with E-state index in [1.54, 1.807) is 0 Å². The summed E-state index contributed by atoms with van der Waals surface area (Å²) in [6.45, 7) is 1.38. The summed E-state index contributed by atoms with van der Waals surface area (Å²) in [6.07, 6.45) is 1.82. The molecule has 1 aliphatic heterocycles. The lowest BCUT2D eigenvalue weighted by Crippen LogP contribution is -2.09. The molecule has 0 unspecified atom stereocenters. The lowest BCUT2D eigenvalue weighted by molar-refractivity contribution is 0.365. The van der Waals surface area contributed by atoms with E-state index in [1.807, 2.05) is 12.1 Å². The molecule has 0 spiro atoms. The van der Waals surface area contributed by atoms with E-state index in [-0.39, 0.29) is 7.12 Å². The van der Waals surface area contributed by atoms with Gasteiger partial charge in [0.1, 0.15) is 0 Å². The third-order valence-electron chi connectivity index (χ3n) is 1.03. The molecule has 0 amide bonds. The van der Waals surface area contributed by atoms with Crippen LogP contribution >= 0.6 is 11.6 Å². The lowest BCUT2D eigenvalue weighted by atomic mass is 9.91. The van der Waals surface area contributed by atoms with Crippen LogP contribution in [0.25, 0.3) is 0 Å². The van der Waals surface area contributed by atoms with Crippen molar-refractivity contribution in [2.24, 2.45) is 0 Å².